The number of aliphatic hydroxyl groups excluding tert-OH is 1. The van der Waals surface area contributed by atoms with Gasteiger partial charge >= 0.3 is 11.7 Å². The van der Waals surface area contributed by atoms with Gasteiger partial charge in [-0.25, -0.2) is 18.5 Å². The van der Waals surface area contributed by atoms with E-state index >= 15 is 0 Å². The van der Waals surface area contributed by atoms with E-state index in [1.165, 1.54) is 67.8 Å². The minimum Gasteiger partial charge on any atom is -0.496 e. The van der Waals surface area contributed by atoms with Crippen molar-refractivity contribution in [2.45, 2.75) is 52.0 Å². The molecule has 0 fully saturated rings. The van der Waals surface area contributed by atoms with Crippen molar-refractivity contribution in [2.75, 3.05) is 13.7 Å². The third kappa shape index (κ3) is 5.10. The second-order valence-electron chi connectivity index (χ2n) is 9.49. The summed E-state index contributed by atoms with van der Waals surface area (Å²) in [5.41, 5.74) is -2.88. The molecule has 39 heavy (non-hydrogen) atoms. The molecule has 0 aliphatic carbocycles. The molecule has 208 valence electrons. The first-order valence-corrected chi connectivity index (χ1v) is 12.7. The van der Waals surface area contributed by atoms with E-state index in [0.29, 0.717) is 15.1 Å². The number of carboxylic acid groups (broad SMARTS) is 1. The number of fused-ring (bicyclic) bond motifs is 1. The van der Waals surface area contributed by atoms with Gasteiger partial charge in [0.2, 0.25) is 0 Å². The van der Waals surface area contributed by atoms with Crippen LogP contribution in [0.15, 0.2) is 40.2 Å². The van der Waals surface area contributed by atoms with E-state index in [9.17, 15) is 29.0 Å². The van der Waals surface area contributed by atoms with E-state index in [1.807, 2.05) is 0 Å². The lowest BCUT2D eigenvalue weighted by atomic mass is 10.1. The molecule has 0 radical (unpaired) electrons. The lowest BCUT2D eigenvalue weighted by molar-refractivity contribution is -0.146. The number of rotatable bonds is 10. The molecule has 0 aliphatic rings. The highest BCUT2D eigenvalue weighted by Gasteiger charge is 2.36. The van der Waals surface area contributed by atoms with Gasteiger partial charge < -0.3 is 19.7 Å². The van der Waals surface area contributed by atoms with Crippen LogP contribution >= 0.6 is 11.3 Å². The van der Waals surface area contributed by atoms with Crippen LogP contribution in [0.4, 0.5) is 4.39 Å². The lowest BCUT2D eigenvalue weighted by Gasteiger charge is -2.26. The summed E-state index contributed by atoms with van der Waals surface area (Å²) in [5.74, 6) is -1.69. The summed E-state index contributed by atoms with van der Waals surface area (Å²) >= 11 is 1.07. The average molecular weight is 562 g/mol. The summed E-state index contributed by atoms with van der Waals surface area (Å²) < 4.78 is 27.6. The number of carboxylic acids is 1. The lowest BCUT2D eigenvalue weighted by Crippen LogP contribution is -2.52. The first-order chi connectivity index (χ1) is 18.4. The third-order valence-electron chi connectivity index (χ3n) is 6.30. The van der Waals surface area contributed by atoms with E-state index in [2.05, 4.69) is 10.2 Å². The molecule has 12 nitrogen and oxygen atoms in total. The second kappa shape index (κ2) is 10.7. The number of hydrogen-bond donors (Lipinski definition) is 2. The molecule has 1 aromatic carbocycles. The fourth-order valence-electron chi connectivity index (χ4n) is 4.21. The monoisotopic (exact) mass is 561 g/mol. The maximum absolute atomic E-state index is 14.3. The van der Waals surface area contributed by atoms with Gasteiger partial charge in [0.25, 0.3) is 5.56 Å². The summed E-state index contributed by atoms with van der Waals surface area (Å²) in [7, 11) is 1.40. The molecular formula is C25H28FN5O7S. The Bertz CT molecular complexity index is 1640. The van der Waals surface area contributed by atoms with Crippen LogP contribution in [0.1, 0.15) is 38.0 Å². The number of aliphatic hydroxyl groups is 1. The average Bonchev–Trinajstić information content (AvgIpc) is 3.51. The molecule has 0 saturated carbocycles. The molecule has 0 bridgehead atoms. The van der Waals surface area contributed by atoms with Gasteiger partial charge in [-0.05, 0) is 45.9 Å². The SMILES string of the molecule is COc1ccc(F)cc1[C@H](Cn1c(=O)n(C(C)(C)C(=O)O)c(=O)c2c(C)c(-n3nccn3)sc21)OC[C@@H](C)O. The van der Waals surface area contributed by atoms with Crippen LogP contribution in [0.3, 0.4) is 0 Å². The van der Waals surface area contributed by atoms with Crippen LogP contribution in [0.2, 0.25) is 0 Å². The van der Waals surface area contributed by atoms with Crippen molar-refractivity contribution in [1.29, 1.82) is 0 Å². The summed E-state index contributed by atoms with van der Waals surface area (Å²) in [6.07, 6.45) is 1.00. The number of hydrogen-bond acceptors (Lipinski definition) is 9. The fraction of sp³-hybridized carbons (Fsp3) is 0.400. The molecule has 4 rings (SSSR count). The van der Waals surface area contributed by atoms with E-state index < -0.39 is 40.8 Å². The van der Waals surface area contributed by atoms with Gasteiger partial charge in [0.1, 0.15) is 33.0 Å². The van der Waals surface area contributed by atoms with Crippen LogP contribution in [0, 0.1) is 12.7 Å². The Labute approximate surface area is 225 Å². The molecule has 3 aromatic heterocycles. The van der Waals surface area contributed by atoms with Gasteiger partial charge in [-0.2, -0.15) is 10.2 Å². The number of carbonyl (C=O) groups is 1. The minimum atomic E-state index is -1.91. The molecule has 0 spiro atoms. The van der Waals surface area contributed by atoms with Crippen molar-refractivity contribution in [2.24, 2.45) is 0 Å². The minimum absolute atomic E-state index is 0.113. The summed E-state index contributed by atoms with van der Waals surface area (Å²) in [6.45, 7) is 5.25. The van der Waals surface area contributed by atoms with Crippen molar-refractivity contribution in [3.63, 3.8) is 0 Å². The number of benzene rings is 1. The highest BCUT2D eigenvalue weighted by Crippen LogP contribution is 2.34. The van der Waals surface area contributed by atoms with Crippen molar-refractivity contribution in [3.8, 4) is 10.8 Å². The predicted molar refractivity (Wildman–Crippen MR) is 140 cm³/mol. The Hall–Kier alpha value is -3.88. The highest BCUT2D eigenvalue weighted by molar-refractivity contribution is 7.21. The zero-order valence-electron chi connectivity index (χ0n) is 21.9. The normalized spacial score (nSPS) is 13.5. The molecule has 3 heterocycles. The number of methoxy groups -OCH3 is 1. The summed E-state index contributed by atoms with van der Waals surface area (Å²) in [4.78, 5) is 41.3. The number of halogens is 1. The van der Waals surface area contributed by atoms with Crippen LogP contribution in [0.25, 0.3) is 15.2 Å². The molecule has 2 atom stereocenters. The number of thiophene rings is 1. The van der Waals surface area contributed by atoms with Gasteiger partial charge in [0, 0.05) is 11.1 Å². The fourth-order valence-corrected chi connectivity index (χ4v) is 5.43. The summed E-state index contributed by atoms with van der Waals surface area (Å²) in [5, 5.41) is 28.6. The Morgan fingerprint density at radius 3 is 2.49 bits per heavy atom. The molecule has 2 N–H and O–H groups in total. The van der Waals surface area contributed by atoms with Crippen LogP contribution in [-0.2, 0) is 21.6 Å². The topological polar surface area (TPSA) is 151 Å². The van der Waals surface area contributed by atoms with Gasteiger partial charge in [-0.15, -0.1) is 4.80 Å². The first kappa shape index (κ1) is 28.1. The standard InChI is InChI=1S/C25H28FN5O7S/c1-13(32)12-38-18(16-10-15(26)6-7-17(16)37-5)11-29-22-19(14(2)21(39-22)31-27-8-9-28-31)20(33)30(24(29)36)25(3,4)23(34)35/h6-10,13,18,32H,11-12H2,1-5H3,(H,34,35)/t13-,18+/m1/s1. The van der Waals surface area contributed by atoms with Gasteiger partial charge in [0.15, 0.2) is 0 Å². The molecular weight excluding hydrogens is 533 g/mol. The quantitative estimate of drug-likeness (QED) is 0.297. The number of aliphatic carboxylic acids is 1. The van der Waals surface area contributed by atoms with E-state index in [4.69, 9.17) is 9.47 Å². The largest absolute Gasteiger partial charge is 0.496 e. The number of aryl methyl sites for hydroxylation is 1. The Balaban J connectivity index is 2.04. The highest BCUT2D eigenvalue weighted by atomic mass is 32.1. The van der Waals surface area contributed by atoms with Crippen LogP contribution < -0.4 is 16.0 Å². The molecule has 0 unspecified atom stereocenters. The van der Waals surface area contributed by atoms with E-state index in [0.717, 1.165) is 11.3 Å². The maximum Gasteiger partial charge on any atom is 0.333 e. The predicted octanol–water partition coefficient (Wildman–Crippen LogP) is 2.22. The maximum atomic E-state index is 14.3. The summed E-state index contributed by atoms with van der Waals surface area (Å²) in [6, 6.07) is 3.82. The van der Waals surface area contributed by atoms with Crippen molar-refractivity contribution in [3.05, 3.63) is 68.4 Å². The van der Waals surface area contributed by atoms with Crippen molar-refractivity contribution >= 4 is 27.5 Å². The van der Waals surface area contributed by atoms with Gasteiger partial charge in [-0.3, -0.25) is 9.36 Å². The van der Waals surface area contributed by atoms with Crippen LogP contribution in [-0.4, -0.2) is 60.1 Å². The Kier molecular flexibility index (Phi) is 7.73. The third-order valence-corrected chi connectivity index (χ3v) is 7.58. The number of nitrogens with zero attached hydrogens (tertiary/aromatic N) is 5. The molecule has 0 aliphatic heterocycles. The molecule has 14 heteroatoms. The van der Waals surface area contributed by atoms with Gasteiger partial charge in [0.05, 0.1) is 44.1 Å². The second-order valence-corrected chi connectivity index (χ2v) is 10.5. The molecule has 0 amide bonds. The molecule has 4 aromatic rings. The number of aromatic nitrogens is 5. The zero-order chi connectivity index (χ0) is 28.6. The zero-order valence-corrected chi connectivity index (χ0v) is 22.7. The van der Waals surface area contributed by atoms with Gasteiger partial charge in [-0.1, -0.05) is 11.3 Å². The Morgan fingerprint density at radius 2 is 1.90 bits per heavy atom. The smallest absolute Gasteiger partial charge is 0.333 e. The number of ether oxygens (including phenoxy) is 2. The molecule has 0 saturated heterocycles. The van der Waals surface area contributed by atoms with Crippen LogP contribution in [0.5, 0.6) is 5.75 Å². The van der Waals surface area contributed by atoms with Crippen molar-refractivity contribution in [1.82, 2.24) is 24.1 Å². The van der Waals surface area contributed by atoms with E-state index in [1.54, 1.807) is 6.92 Å². The van der Waals surface area contributed by atoms with E-state index in [-0.39, 0.29) is 34.7 Å². The first-order valence-electron chi connectivity index (χ1n) is 11.9. The Morgan fingerprint density at radius 1 is 1.23 bits per heavy atom. The van der Waals surface area contributed by atoms with Crippen molar-refractivity contribution < 1.29 is 28.9 Å².